The molecule has 1 aromatic heterocycles. The van der Waals surface area contributed by atoms with Crippen LogP contribution >= 0.6 is 11.6 Å². The van der Waals surface area contributed by atoms with Crippen LogP contribution in [0.15, 0.2) is 42.5 Å². The maximum Gasteiger partial charge on any atom is 0.265 e. The van der Waals surface area contributed by atoms with E-state index in [1.54, 1.807) is 19.1 Å². The second-order valence-electron chi connectivity index (χ2n) is 8.00. The van der Waals surface area contributed by atoms with E-state index < -0.39 is 0 Å². The fourth-order valence-electron chi connectivity index (χ4n) is 4.12. The quantitative estimate of drug-likeness (QED) is 0.609. The lowest BCUT2D eigenvalue weighted by molar-refractivity contribution is 0.0856. The van der Waals surface area contributed by atoms with Crippen LogP contribution in [0, 0.1) is 0 Å². The molecule has 0 atom stereocenters. The number of benzene rings is 2. The highest BCUT2D eigenvalue weighted by Crippen LogP contribution is 2.53. The van der Waals surface area contributed by atoms with Gasteiger partial charge in [-0.3, -0.25) is 10.2 Å². The maximum atomic E-state index is 12.6. The smallest absolute Gasteiger partial charge is 0.265 e. The largest absolute Gasteiger partial charge is 0.313 e. The lowest BCUT2D eigenvalue weighted by Gasteiger charge is -2.17. The second-order valence-corrected chi connectivity index (χ2v) is 8.37. The zero-order valence-corrected chi connectivity index (χ0v) is 18.5. The molecule has 3 aromatic rings. The molecule has 1 heterocycles. The number of hydrogen-bond acceptors (Lipinski definition) is 4. The van der Waals surface area contributed by atoms with Gasteiger partial charge in [0, 0.05) is 32.3 Å². The Morgan fingerprint density at radius 3 is 2.47 bits per heavy atom. The second kappa shape index (κ2) is 7.85. The number of hydrogen-bond donors (Lipinski definition) is 1. The van der Waals surface area contributed by atoms with Crippen molar-refractivity contribution in [2.75, 3.05) is 14.1 Å². The summed E-state index contributed by atoms with van der Waals surface area (Å²) in [5.41, 5.74) is 6.15. The molecule has 1 aliphatic carbocycles. The summed E-state index contributed by atoms with van der Waals surface area (Å²) in [5, 5.41) is 11.2. The van der Waals surface area contributed by atoms with Gasteiger partial charge in [-0.25, -0.2) is 5.01 Å². The summed E-state index contributed by atoms with van der Waals surface area (Å²) in [7, 11) is 5.55. The molecule has 4 rings (SSSR count). The van der Waals surface area contributed by atoms with Crippen LogP contribution in [0.3, 0.4) is 0 Å². The number of nitrogens with zero attached hydrogens (tertiary/aromatic N) is 4. The van der Waals surface area contributed by atoms with Gasteiger partial charge < -0.3 is 4.57 Å². The van der Waals surface area contributed by atoms with Gasteiger partial charge in [-0.05, 0) is 42.5 Å². The molecule has 1 N–H and O–H groups in total. The first-order valence-corrected chi connectivity index (χ1v) is 10.5. The average Bonchev–Trinajstić information content (AvgIpc) is 3.45. The third-order valence-electron chi connectivity index (χ3n) is 5.79. The normalized spacial score (nSPS) is 14.7. The molecule has 1 aliphatic rings. The van der Waals surface area contributed by atoms with Crippen molar-refractivity contribution < 1.29 is 4.79 Å². The van der Waals surface area contributed by atoms with E-state index >= 15 is 0 Å². The van der Waals surface area contributed by atoms with Gasteiger partial charge in [-0.2, -0.15) is 0 Å². The lowest BCUT2D eigenvalue weighted by atomic mass is 9.95. The van der Waals surface area contributed by atoms with Crippen LogP contribution in [0.5, 0.6) is 0 Å². The SMILES string of the molecule is CCc1c(C(=O)NN(C)C)ccc(-c2nnc(C3(c4ccccc4)CC3)n2C)c1Cl. The van der Waals surface area contributed by atoms with Gasteiger partial charge in [0.1, 0.15) is 5.82 Å². The molecule has 30 heavy (non-hydrogen) atoms. The molecule has 1 fully saturated rings. The molecule has 1 saturated carbocycles. The highest BCUT2D eigenvalue weighted by Gasteiger charge is 2.49. The fraction of sp³-hybridized carbons (Fsp3) is 0.348. The van der Waals surface area contributed by atoms with Crippen molar-refractivity contribution >= 4 is 17.5 Å². The minimum atomic E-state index is -0.176. The fourth-order valence-corrected chi connectivity index (χ4v) is 4.50. The highest BCUT2D eigenvalue weighted by molar-refractivity contribution is 6.34. The molecule has 0 bridgehead atoms. The van der Waals surface area contributed by atoms with Crippen molar-refractivity contribution in [3.63, 3.8) is 0 Å². The predicted molar refractivity (Wildman–Crippen MR) is 118 cm³/mol. The Morgan fingerprint density at radius 1 is 1.17 bits per heavy atom. The van der Waals surface area contributed by atoms with Crippen LogP contribution in [0.2, 0.25) is 5.02 Å². The zero-order valence-electron chi connectivity index (χ0n) is 17.7. The Kier molecular flexibility index (Phi) is 5.38. The van der Waals surface area contributed by atoms with E-state index in [2.05, 4.69) is 39.9 Å². The summed E-state index contributed by atoms with van der Waals surface area (Å²) < 4.78 is 2.04. The third kappa shape index (κ3) is 3.40. The molecule has 2 aromatic carbocycles. The topological polar surface area (TPSA) is 63.1 Å². The molecule has 1 amide bonds. The Morgan fingerprint density at radius 2 is 1.87 bits per heavy atom. The number of amides is 1. The molecule has 0 unspecified atom stereocenters. The average molecular weight is 424 g/mol. The maximum absolute atomic E-state index is 12.6. The van der Waals surface area contributed by atoms with Crippen molar-refractivity contribution in [1.29, 1.82) is 0 Å². The Labute approximate surface area is 181 Å². The first kappa shape index (κ1) is 20.6. The van der Waals surface area contributed by atoms with Crippen LogP contribution in [-0.2, 0) is 18.9 Å². The first-order chi connectivity index (χ1) is 14.4. The lowest BCUT2D eigenvalue weighted by Crippen LogP contribution is -2.36. The molecule has 0 saturated heterocycles. The van der Waals surface area contributed by atoms with Gasteiger partial charge in [0.05, 0.1) is 10.4 Å². The number of nitrogens with one attached hydrogen (secondary N) is 1. The number of rotatable bonds is 6. The Balaban J connectivity index is 1.75. The monoisotopic (exact) mass is 423 g/mol. The zero-order chi connectivity index (χ0) is 21.5. The summed E-state index contributed by atoms with van der Waals surface area (Å²) in [6.07, 6.45) is 2.75. The minimum absolute atomic E-state index is 0.0765. The molecule has 0 spiro atoms. The molecule has 0 aliphatic heterocycles. The van der Waals surface area contributed by atoms with Crippen LogP contribution in [0.4, 0.5) is 0 Å². The van der Waals surface area contributed by atoms with Crippen molar-refractivity contribution in [3.8, 4) is 11.4 Å². The van der Waals surface area contributed by atoms with E-state index in [-0.39, 0.29) is 11.3 Å². The number of halogens is 1. The van der Waals surface area contributed by atoms with Gasteiger partial charge in [0.2, 0.25) is 0 Å². The Bertz CT molecular complexity index is 1090. The van der Waals surface area contributed by atoms with Gasteiger partial charge in [-0.1, -0.05) is 48.9 Å². The van der Waals surface area contributed by atoms with Crippen LogP contribution in [-0.4, -0.2) is 39.8 Å². The number of carbonyl (C=O) groups is 1. The van der Waals surface area contributed by atoms with Gasteiger partial charge in [0.15, 0.2) is 5.82 Å². The summed E-state index contributed by atoms with van der Waals surface area (Å²) in [5.74, 6) is 1.49. The van der Waals surface area contributed by atoms with Crippen molar-refractivity contribution in [3.05, 3.63) is 70.0 Å². The summed E-state index contributed by atoms with van der Waals surface area (Å²) >= 11 is 6.78. The van der Waals surface area contributed by atoms with Crippen molar-refractivity contribution in [2.24, 2.45) is 7.05 Å². The van der Waals surface area contributed by atoms with Gasteiger partial charge in [0.25, 0.3) is 5.91 Å². The Hall–Kier alpha value is -2.70. The first-order valence-electron chi connectivity index (χ1n) is 10.1. The molecule has 7 heteroatoms. The van der Waals surface area contributed by atoms with Crippen LogP contribution < -0.4 is 5.43 Å². The highest BCUT2D eigenvalue weighted by atomic mass is 35.5. The third-order valence-corrected chi connectivity index (χ3v) is 6.22. The molecular weight excluding hydrogens is 398 g/mol. The molecular formula is C23H26ClN5O. The molecule has 156 valence electrons. The standard InChI is InChI=1S/C23H26ClN5O/c1-5-16-17(21(30)27-28(2)3)11-12-18(19(16)24)20-25-26-22(29(20)4)23(13-14-23)15-9-7-6-8-10-15/h6-12H,5,13-14H2,1-4H3,(H,27,30). The van der Waals surface area contributed by atoms with Gasteiger partial charge >= 0.3 is 0 Å². The van der Waals surface area contributed by atoms with E-state index in [4.69, 9.17) is 11.6 Å². The van der Waals surface area contributed by atoms with E-state index in [9.17, 15) is 4.79 Å². The number of hydrazine groups is 1. The summed E-state index contributed by atoms with van der Waals surface area (Å²) in [6, 6.07) is 14.1. The van der Waals surface area contributed by atoms with E-state index in [0.717, 1.165) is 29.8 Å². The number of carbonyl (C=O) groups excluding carboxylic acids is 1. The van der Waals surface area contributed by atoms with Crippen LogP contribution in [0.25, 0.3) is 11.4 Å². The van der Waals surface area contributed by atoms with E-state index in [1.807, 2.05) is 36.7 Å². The van der Waals surface area contributed by atoms with Gasteiger partial charge in [-0.15, -0.1) is 10.2 Å². The van der Waals surface area contributed by atoms with Crippen molar-refractivity contribution in [2.45, 2.75) is 31.6 Å². The van der Waals surface area contributed by atoms with Crippen molar-refractivity contribution in [1.82, 2.24) is 25.2 Å². The summed E-state index contributed by atoms with van der Waals surface area (Å²) in [4.78, 5) is 12.6. The molecule has 0 radical (unpaired) electrons. The van der Waals surface area contributed by atoms with E-state index in [1.165, 1.54) is 5.56 Å². The summed E-state index contributed by atoms with van der Waals surface area (Å²) in [6.45, 7) is 1.99. The predicted octanol–water partition coefficient (Wildman–Crippen LogP) is 3.98. The number of aromatic nitrogens is 3. The minimum Gasteiger partial charge on any atom is -0.313 e. The molecule has 6 nitrogen and oxygen atoms in total. The van der Waals surface area contributed by atoms with E-state index in [0.29, 0.717) is 22.8 Å². The van der Waals surface area contributed by atoms with Crippen LogP contribution in [0.1, 0.15) is 47.1 Å².